The first-order valence-electron chi connectivity index (χ1n) is 7.05. The van der Waals surface area contributed by atoms with Gasteiger partial charge in [-0.15, -0.1) is 0 Å². The molecule has 1 aromatic heterocycles. The molecule has 2 aromatic rings. The van der Waals surface area contributed by atoms with E-state index in [0.717, 1.165) is 12.0 Å². The quantitative estimate of drug-likeness (QED) is 0.905. The number of benzene rings is 1. The molecule has 4 nitrogen and oxygen atoms in total. The zero-order valence-electron chi connectivity index (χ0n) is 11.7. The van der Waals surface area contributed by atoms with Crippen molar-refractivity contribution in [2.45, 2.75) is 24.9 Å². The van der Waals surface area contributed by atoms with Crippen molar-refractivity contribution in [3.05, 3.63) is 58.0 Å². The van der Waals surface area contributed by atoms with Gasteiger partial charge in [0.1, 0.15) is 11.8 Å². The van der Waals surface area contributed by atoms with Gasteiger partial charge in [0.25, 0.3) is 0 Å². The smallest absolute Gasteiger partial charge is 0.320 e. The molecule has 2 atom stereocenters. The number of carboxylic acid groups (broad SMARTS) is 1. The summed E-state index contributed by atoms with van der Waals surface area (Å²) in [5.41, 5.74) is 0.800. The van der Waals surface area contributed by atoms with Gasteiger partial charge in [0.15, 0.2) is 0 Å². The van der Waals surface area contributed by atoms with Gasteiger partial charge in [0, 0.05) is 16.6 Å². The summed E-state index contributed by atoms with van der Waals surface area (Å²) in [7, 11) is 0. The van der Waals surface area contributed by atoms with Gasteiger partial charge >= 0.3 is 5.97 Å². The van der Waals surface area contributed by atoms with E-state index in [1.807, 2.05) is 17.0 Å². The molecule has 0 saturated carbocycles. The van der Waals surface area contributed by atoms with Gasteiger partial charge in [0.2, 0.25) is 0 Å². The van der Waals surface area contributed by atoms with Crippen molar-refractivity contribution in [3.8, 4) is 0 Å². The number of furan rings is 1. The Labute approximate surface area is 138 Å². The molecule has 22 heavy (non-hydrogen) atoms. The van der Waals surface area contributed by atoms with Crippen molar-refractivity contribution < 1.29 is 14.3 Å². The van der Waals surface area contributed by atoms with Crippen molar-refractivity contribution in [1.82, 2.24) is 4.90 Å². The van der Waals surface area contributed by atoms with E-state index in [2.05, 4.69) is 0 Å². The van der Waals surface area contributed by atoms with Crippen molar-refractivity contribution in [2.24, 2.45) is 0 Å². The van der Waals surface area contributed by atoms with Crippen LogP contribution in [0.2, 0.25) is 10.0 Å². The summed E-state index contributed by atoms with van der Waals surface area (Å²) in [5, 5.41) is 10.5. The second-order valence-electron chi connectivity index (χ2n) is 5.32. The van der Waals surface area contributed by atoms with Crippen LogP contribution in [0.15, 0.2) is 41.0 Å². The summed E-state index contributed by atoms with van der Waals surface area (Å²) in [6.45, 7) is 0.682. The number of carbonyl (C=O) groups is 1. The maximum absolute atomic E-state index is 11.5. The normalized spacial score (nSPS) is 20.2. The highest BCUT2D eigenvalue weighted by atomic mass is 35.5. The lowest BCUT2D eigenvalue weighted by atomic mass is 10.0. The molecular weight excluding hydrogens is 325 g/mol. The molecule has 2 heterocycles. The molecule has 1 fully saturated rings. The van der Waals surface area contributed by atoms with E-state index in [-0.39, 0.29) is 6.04 Å². The topological polar surface area (TPSA) is 53.7 Å². The third-order valence-corrected chi connectivity index (χ3v) is 4.54. The van der Waals surface area contributed by atoms with Crippen LogP contribution in [0.25, 0.3) is 0 Å². The average Bonchev–Trinajstić information content (AvgIpc) is 3.13. The third kappa shape index (κ3) is 2.86. The molecule has 0 aliphatic carbocycles. The van der Waals surface area contributed by atoms with E-state index in [9.17, 15) is 9.90 Å². The minimum absolute atomic E-state index is 0.330. The molecule has 0 amide bonds. The van der Waals surface area contributed by atoms with Gasteiger partial charge in [0.05, 0.1) is 12.3 Å². The standard InChI is InChI=1S/C16H15Cl2NO3/c17-10-5-6-11(12(18)9-10)15(14-4-2-8-22-14)19-7-1-3-13(19)16(20)21/h2,4-6,8-9,13,15H,1,3,7H2,(H,20,21). The summed E-state index contributed by atoms with van der Waals surface area (Å²) < 4.78 is 5.55. The molecule has 1 aromatic carbocycles. The minimum Gasteiger partial charge on any atom is -0.480 e. The Kier molecular flexibility index (Phi) is 4.43. The first-order valence-corrected chi connectivity index (χ1v) is 7.80. The number of aliphatic carboxylic acids is 1. The van der Waals surface area contributed by atoms with Gasteiger partial charge in [-0.2, -0.15) is 0 Å². The Morgan fingerprint density at radius 1 is 1.36 bits per heavy atom. The number of rotatable bonds is 4. The number of nitrogens with zero attached hydrogens (tertiary/aromatic N) is 1. The van der Waals surface area contributed by atoms with Gasteiger partial charge in [-0.1, -0.05) is 29.3 Å². The fourth-order valence-corrected chi connectivity index (χ4v) is 3.54. The van der Waals surface area contributed by atoms with Gasteiger partial charge in [-0.05, 0) is 42.7 Å². The van der Waals surface area contributed by atoms with E-state index in [0.29, 0.717) is 28.8 Å². The summed E-state index contributed by atoms with van der Waals surface area (Å²) in [6.07, 6.45) is 3.04. The molecule has 3 rings (SSSR count). The SMILES string of the molecule is O=C(O)C1CCCN1C(c1ccco1)c1ccc(Cl)cc1Cl. The van der Waals surface area contributed by atoms with Gasteiger partial charge in [-0.25, -0.2) is 0 Å². The summed E-state index contributed by atoms with van der Waals surface area (Å²) in [4.78, 5) is 13.5. The van der Waals surface area contributed by atoms with Gasteiger partial charge in [-0.3, -0.25) is 9.69 Å². The van der Waals surface area contributed by atoms with Crippen LogP contribution >= 0.6 is 23.2 Å². The van der Waals surface area contributed by atoms with E-state index in [1.54, 1.807) is 24.5 Å². The van der Waals surface area contributed by atoms with E-state index < -0.39 is 12.0 Å². The van der Waals surface area contributed by atoms with Crippen molar-refractivity contribution in [2.75, 3.05) is 6.54 Å². The predicted molar refractivity (Wildman–Crippen MR) is 84.4 cm³/mol. The van der Waals surface area contributed by atoms with E-state index in [4.69, 9.17) is 27.6 Å². The highest BCUT2D eigenvalue weighted by Gasteiger charge is 2.38. The maximum Gasteiger partial charge on any atom is 0.320 e. The fraction of sp³-hybridized carbons (Fsp3) is 0.312. The second-order valence-corrected chi connectivity index (χ2v) is 6.16. The molecule has 6 heteroatoms. The van der Waals surface area contributed by atoms with Gasteiger partial charge < -0.3 is 9.52 Å². The second kappa shape index (κ2) is 6.32. The van der Waals surface area contributed by atoms with Crippen LogP contribution in [0.3, 0.4) is 0 Å². The summed E-state index contributed by atoms with van der Waals surface area (Å²) in [5.74, 6) is -0.142. The predicted octanol–water partition coefficient (Wildman–Crippen LogP) is 4.22. The minimum atomic E-state index is -0.820. The Bertz CT molecular complexity index is 672. The molecule has 0 radical (unpaired) electrons. The molecule has 0 bridgehead atoms. The molecule has 2 unspecified atom stereocenters. The maximum atomic E-state index is 11.5. The van der Waals surface area contributed by atoms with Crippen LogP contribution in [-0.2, 0) is 4.79 Å². The van der Waals surface area contributed by atoms with E-state index in [1.165, 1.54) is 0 Å². The Morgan fingerprint density at radius 2 is 2.18 bits per heavy atom. The zero-order chi connectivity index (χ0) is 15.7. The number of carboxylic acids is 1. The zero-order valence-corrected chi connectivity index (χ0v) is 13.2. The first kappa shape index (κ1) is 15.4. The number of hydrogen-bond donors (Lipinski definition) is 1. The van der Waals surface area contributed by atoms with Crippen LogP contribution < -0.4 is 0 Å². The Balaban J connectivity index is 2.07. The number of halogens is 2. The average molecular weight is 340 g/mol. The molecule has 1 aliphatic heterocycles. The monoisotopic (exact) mass is 339 g/mol. The van der Waals surface area contributed by atoms with Crippen LogP contribution in [0.5, 0.6) is 0 Å². The lowest BCUT2D eigenvalue weighted by Crippen LogP contribution is -2.39. The summed E-state index contributed by atoms with van der Waals surface area (Å²) in [6, 6.07) is 8.01. The van der Waals surface area contributed by atoms with Crippen LogP contribution in [0.1, 0.15) is 30.2 Å². The Hall–Kier alpha value is -1.49. The molecule has 1 aliphatic rings. The molecule has 1 N–H and O–H groups in total. The van der Waals surface area contributed by atoms with E-state index >= 15 is 0 Å². The molecule has 116 valence electrons. The highest BCUT2D eigenvalue weighted by Crippen LogP contribution is 2.38. The first-order chi connectivity index (χ1) is 10.6. The third-order valence-electron chi connectivity index (χ3n) is 3.98. The van der Waals surface area contributed by atoms with Crippen LogP contribution in [0, 0.1) is 0 Å². The fourth-order valence-electron chi connectivity index (χ4n) is 3.03. The number of likely N-dealkylation sites (tertiary alicyclic amines) is 1. The van der Waals surface area contributed by atoms with Crippen LogP contribution in [0.4, 0.5) is 0 Å². The molecular formula is C16H15Cl2NO3. The number of hydrogen-bond acceptors (Lipinski definition) is 3. The highest BCUT2D eigenvalue weighted by molar-refractivity contribution is 6.35. The van der Waals surface area contributed by atoms with Crippen LogP contribution in [-0.4, -0.2) is 28.6 Å². The Morgan fingerprint density at radius 3 is 2.82 bits per heavy atom. The van der Waals surface area contributed by atoms with Crippen molar-refractivity contribution in [1.29, 1.82) is 0 Å². The lowest BCUT2D eigenvalue weighted by molar-refractivity contribution is -0.142. The largest absolute Gasteiger partial charge is 0.480 e. The van der Waals surface area contributed by atoms with Crippen molar-refractivity contribution >= 4 is 29.2 Å². The molecule has 0 spiro atoms. The van der Waals surface area contributed by atoms with Crippen molar-refractivity contribution in [3.63, 3.8) is 0 Å². The summed E-state index contributed by atoms with van der Waals surface area (Å²) >= 11 is 12.3. The lowest BCUT2D eigenvalue weighted by Gasteiger charge is -2.30. The molecule has 1 saturated heterocycles.